The van der Waals surface area contributed by atoms with E-state index in [1.54, 1.807) is 33.7 Å². The van der Waals surface area contributed by atoms with Gasteiger partial charge in [0.15, 0.2) is 0 Å². The lowest BCUT2D eigenvalue weighted by Crippen LogP contribution is -2.29. The number of carbonyl (C=O) groups is 2. The highest BCUT2D eigenvalue weighted by Gasteiger charge is 2.38. The number of carboxylic acid groups (broad SMARTS) is 1. The maximum absolute atomic E-state index is 12.5. The van der Waals surface area contributed by atoms with E-state index < -0.39 is 5.97 Å². The Bertz CT molecular complexity index is 769. The van der Waals surface area contributed by atoms with Gasteiger partial charge in [0, 0.05) is 52.1 Å². The highest BCUT2D eigenvalue weighted by molar-refractivity contribution is 5.77. The molecule has 2 aromatic heterocycles. The second kappa shape index (κ2) is 6.99. The number of hydrogen-bond acceptors (Lipinski definition) is 6. The van der Waals surface area contributed by atoms with Crippen LogP contribution >= 0.6 is 0 Å². The number of amides is 1. The van der Waals surface area contributed by atoms with Crippen LogP contribution in [0.5, 0.6) is 0 Å². The van der Waals surface area contributed by atoms with Crippen LogP contribution in [0.1, 0.15) is 30.3 Å². The normalized spacial score (nSPS) is 20.2. The van der Waals surface area contributed by atoms with Crippen molar-refractivity contribution in [1.29, 1.82) is 0 Å². The van der Waals surface area contributed by atoms with Gasteiger partial charge in [0.2, 0.25) is 5.91 Å². The molecule has 25 heavy (non-hydrogen) atoms. The van der Waals surface area contributed by atoms with Gasteiger partial charge in [-0.25, -0.2) is 0 Å². The molecule has 10 heteroatoms. The zero-order chi connectivity index (χ0) is 18.0. The quantitative estimate of drug-likeness (QED) is 0.754. The summed E-state index contributed by atoms with van der Waals surface area (Å²) in [7, 11) is 3.60. The zero-order valence-electron chi connectivity index (χ0n) is 14.2. The molecule has 1 amide bonds. The van der Waals surface area contributed by atoms with Crippen LogP contribution in [0.25, 0.3) is 0 Å². The molecule has 0 saturated carbocycles. The minimum atomic E-state index is -0.868. The maximum Gasteiger partial charge on any atom is 0.303 e. The predicted octanol–water partition coefficient (Wildman–Crippen LogP) is -0.407. The minimum absolute atomic E-state index is 0.00824. The lowest BCUT2D eigenvalue weighted by molar-refractivity contribution is -0.138. The molecule has 1 N–H and O–H groups in total. The second-order valence-electron chi connectivity index (χ2n) is 6.44. The number of likely N-dealkylation sites (tertiary alicyclic amines) is 1. The van der Waals surface area contributed by atoms with E-state index in [9.17, 15) is 9.59 Å². The average molecular weight is 347 g/mol. The van der Waals surface area contributed by atoms with E-state index in [-0.39, 0.29) is 24.2 Å². The smallest absolute Gasteiger partial charge is 0.303 e. The molecule has 1 aliphatic heterocycles. The van der Waals surface area contributed by atoms with Crippen LogP contribution in [0, 0.1) is 5.92 Å². The highest BCUT2D eigenvalue weighted by atomic mass is 16.4. The van der Waals surface area contributed by atoms with Gasteiger partial charge < -0.3 is 14.6 Å². The van der Waals surface area contributed by atoms with Gasteiger partial charge >= 0.3 is 5.97 Å². The summed E-state index contributed by atoms with van der Waals surface area (Å²) in [4.78, 5) is 25.4. The molecule has 10 nitrogen and oxygen atoms in total. The van der Waals surface area contributed by atoms with Gasteiger partial charge in [0.25, 0.3) is 0 Å². The van der Waals surface area contributed by atoms with Crippen molar-refractivity contribution in [3.8, 4) is 0 Å². The number of carboxylic acids is 1. The number of aryl methyl sites for hydroxylation is 3. The molecule has 2 aromatic rings. The monoisotopic (exact) mass is 347 g/mol. The molecule has 134 valence electrons. The number of aromatic nitrogens is 6. The maximum atomic E-state index is 12.5. The summed E-state index contributed by atoms with van der Waals surface area (Å²) in [6.07, 6.45) is 4.22. The van der Waals surface area contributed by atoms with E-state index in [1.807, 2.05) is 7.05 Å². The summed E-state index contributed by atoms with van der Waals surface area (Å²) < 4.78 is 3.37. The Morgan fingerprint density at radius 2 is 2.08 bits per heavy atom. The van der Waals surface area contributed by atoms with Crippen molar-refractivity contribution < 1.29 is 14.7 Å². The van der Waals surface area contributed by atoms with Gasteiger partial charge in [0.05, 0.1) is 12.1 Å². The Hall–Kier alpha value is -2.78. The molecule has 3 heterocycles. The van der Waals surface area contributed by atoms with Crippen molar-refractivity contribution >= 4 is 11.9 Å². The molecular formula is C15H21N7O3. The van der Waals surface area contributed by atoms with E-state index in [1.165, 1.54) is 0 Å². The largest absolute Gasteiger partial charge is 0.481 e. The SMILES string of the molecule is Cn1cc([C@H]2CN(C(=O)CCc3nncn3C)C[C@H]2CC(=O)O)nn1. The van der Waals surface area contributed by atoms with Crippen LogP contribution in [-0.2, 0) is 30.1 Å². The van der Waals surface area contributed by atoms with Crippen LogP contribution in [-0.4, -0.2) is 64.7 Å². The van der Waals surface area contributed by atoms with Crippen molar-refractivity contribution in [2.45, 2.75) is 25.2 Å². The molecule has 0 unspecified atom stereocenters. The fourth-order valence-corrected chi connectivity index (χ4v) is 3.29. The highest BCUT2D eigenvalue weighted by Crippen LogP contribution is 2.34. The van der Waals surface area contributed by atoms with Gasteiger partial charge in [0.1, 0.15) is 12.2 Å². The molecule has 1 saturated heterocycles. The number of carbonyl (C=O) groups excluding carboxylic acids is 1. The summed E-state index contributed by atoms with van der Waals surface area (Å²) in [6.45, 7) is 0.888. The average Bonchev–Trinajstić information content (AvgIpc) is 3.25. The van der Waals surface area contributed by atoms with E-state index in [0.717, 1.165) is 11.5 Å². The number of hydrogen-bond donors (Lipinski definition) is 1. The van der Waals surface area contributed by atoms with Crippen LogP contribution in [0.2, 0.25) is 0 Å². The van der Waals surface area contributed by atoms with Crippen molar-refractivity contribution in [1.82, 2.24) is 34.7 Å². The van der Waals surface area contributed by atoms with Crippen LogP contribution in [0.4, 0.5) is 0 Å². The Balaban J connectivity index is 1.66. The predicted molar refractivity (Wildman–Crippen MR) is 85.4 cm³/mol. The molecule has 0 aliphatic carbocycles. The Kier molecular flexibility index (Phi) is 4.77. The van der Waals surface area contributed by atoms with Gasteiger partial charge in [-0.3, -0.25) is 14.3 Å². The van der Waals surface area contributed by atoms with E-state index in [4.69, 9.17) is 5.11 Å². The standard InChI is InChI=1S/C15H21N7O3/c1-20-9-16-18-13(20)3-4-14(23)22-6-10(5-15(24)25)11(7-22)12-8-21(2)19-17-12/h8-11H,3-7H2,1-2H3,(H,24,25)/t10-,11+/m1/s1. The molecular weight excluding hydrogens is 326 g/mol. The number of rotatable bonds is 6. The molecule has 0 aromatic carbocycles. The number of aliphatic carboxylic acids is 1. The zero-order valence-corrected chi connectivity index (χ0v) is 14.2. The summed E-state index contributed by atoms with van der Waals surface area (Å²) in [5.41, 5.74) is 0.734. The Labute approximate surface area is 144 Å². The van der Waals surface area contributed by atoms with Crippen LogP contribution < -0.4 is 0 Å². The minimum Gasteiger partial charge on any atom is -0.481 e. The second-order valence-corrected chi connectivity index (χ2v) is 6.44. The van der Waals surface area contributed by atoms with Gasteiger partial charge in [-0.05, 0) is 5.92 Å². The van der Waals surface area contributed by atoms with E-state index in [0.29, 0.717) is 25.9 Å². The van der Waals surface area contributed by atoms with Gasteiger partial charge in [-0.15, -0.1) is 15.3 Å². The molecule has 2 atom stereocenters. The third-order valence-corrected chi connectivity index (χ3v) is 4.60. The van der Waals surface area contributed by atoms with Crippen molar-refractivity contribution in [2.24, 2.45) is 20.0 Å². The van der Waals surface area contributed by atoms with Crippen LogP contribution in [0.3, 0.4) is 0 Å². The molecule has 0 spiro atoms. The topological polar surface area (TPSA) is 119 Å². The molecule has 3 rings (SSSR count). The Morgan fingerprint density at radius 3 is 2.68 bits per heavy atom. The first-order chi connectivity index (χ1) is 11.9. The fraction of sp³-hybridized carbons (Fsp3) is 0.600. The molecule has 0 radical (unpaired) electrons. The molecule has 1 aliphatic rings. The number of nitrogens with zero attached hydrogens (tertiary/aromatic N) is 7. The van der Waals surface area contributed by atoms with Crippen molar-refractivity contribution in [3.05, 3.63) is 24.0 Å². The summed E-state index contributed by atoms with van der Waals surface area (Å²) >= 11 is 0. The summed E-state index contributed by atoms with van der Waals surface area (Å²) in [5.74, 6) is -0.395. The first kappa shape index (κ1) is 17.1. The first-order valence-corrected chi connectivity index (χ1v) is 8.12. The van der Waals surface area contributed by atoms with Crippen molar-refractivity contribution in [3.63, 3.8) is 0 Å². The third-order valence-electron chi connectivity index (χ3n) is 4.60. The van der Waals surface area contributed by atoms with Gasteiger partial charge in [-0.2, -0.15) is 0 Å². The third kappa shape index (κ3) is 3.83. The van der Waals surface area contributed by atoms with Gasteiger partial charge in [-0.1, -0.05) is 5.21 Å². The van der Waals surface area contributed by atoms with Crippen LogP contribution in [0.15, 0.2) is 12.5 Å². The Morgan fingerprint density at radius 1 is 1.28 bits per heavy atom. The lowest BCUT2D eigenvalue weighted by atomic mass is 9.91. The summed E-state index contributed by atoms with van der Waals surface area (Å²) in [5, 5.41) is 25.0. The van der Waals surface area contributed by atoms with E-state index in [2.05, 4.69) is 20.5 Å². The van der Waals surface area contributed by atoms with E-state index >= 15 is 0 Å². The fourth-order valence-electron chi connectivity index (χ4n) is 3.29. The molecule has 1 fully saturated rings. The summed E-state index contributed by atoms with van der Waals surface area (Å²) in [6, 6.07) is 0. The lowest BCUT2D eigenvalue weighted by Gasteiger charge is -2.15. The first-order valence-electron chi connectivity index (χ1n) is 8.12. The van der Waals surface area contributed by atoms with Crippen molar-refractivity contribution in [2.75, 3.05) is 13.1 Å². The molecule has 0 bridgehead atoms.